The second kappa shape index (κ2) is 13.1. The summed E-state index contributed by atoms with van der Waals surface area (Å²) in [5, 5.41) is 18.6. The van der Waals surface area contributed by atoms with E-state index in [1.54, 1.807) is 12.5 Å². The maximum atomic E-state index is 10.6. The summed E-state index contributed by atoms with van der Waals surface area (Å²) in [6.07, 6.45) is 7.92. The van der Waals surface area contributed by atoms with Gasteiger partial charge in [0.1, 0.15) is 0 Å². The smallest absolute Gasteiger partial charge is 0.475 e. The third kappa shape index (κ3) is 8.41. The third-order valence-electron chi connectivity index (χ3n) is 5.70. The Bertz CT molecular complexity index is 1350. The van der Waals surface area contributed by atoms with Gasteiger partial charge in [-0.25, -0.2) is 14.8 Å². The lowest BCUT2D eigenvalue weighted by atomic mass is 10.2. The maximum Gasteiger partial charge on any atom is 0.490 e. The lowest BCUT2D eigenvalue weighted by Gasteiger charge is -2.16. The molecule has 12 nitrogen and oxygen atoms in total. The Labute approximate surface area is 223 Å². The highest BCUT2D eigenvalue weighted by Crippen LogP contribution is 2.22. The van der Waals surface area contributed by atoms with Crippen LogP contribution in [0, 0.1) is 6.92 Å². The van der Waals surface area contributed by atoms with E-state index in [1.165, 1.54) is 12.8 Å². The maximum absolute atomic E-state index is 10.6. The number of imidazole rings is 2. The zero-order valence-electron chi connectivity index (χ0n) is 22.3. The van der Waals surface area contributed by atoms with Crippen molar-refractivity contribution in [2.75, 3.05) is 10.6 Å². The minimum Gasteiger partial charge on any atom is -0.475 e. The number of alkyl halides is 3. The van der Waals surface area contributed by atoms with Crippen LogP contribution in [0.5, 0.6) is 0 Å². The van der Waals surface area contributed by atoms with E-state index in [9.17, 15) is 13.2 Å². The van der Waals surface area contributed by atoms with Crippen LogP contribution in [-0.2, 0) is 31.5 Å². The van der Waals surface area contributed by atoms with Crippen LogP contribution < -0.4 is 10.6 Å². The Kier molecular flexibility index (Phi) is 9.84. The van der Waals surface area contributed by atoms with Crippen LogP contribution in [0.4, 0.5) is 24.9 Å². The first-order chi connectivity index (χ1) is 18.5. The summed E-state index contributed by atoms with van der Waals surface area (Å²) in [6, 6.07) is 0.140. The standard InChI is InChI=1S/C22H32N10.C2HF3O2/c1-5-6-7-9-32-13-18(17(3)29-32)11-24-22-27-20(19-21(28-22)30(4)15-25-19)26-16(2)12-31-10-8-23-14-31;3-2(4,5)1(6)7/h8,10,13-16H,5-7,9,11-12H2,1-4H3,(H2,24,26,27,28);(H,6,7). The van der Waals surface area contributed by atoms with Crippen molar-refractivity contribution >= 4 is 28.9 Å². The van der Waals surface area contributed by atoms with E-state index in [1.807, 2.05) is 40.3 Å². The van der Waals surface area contributed by atoms with Crippen LogP contribution in [0.25, 0.3) is 11.2 Å². The van der Waals surface area contributed by atoms with Gasteiger partial charge in [0.05, 0.1) is 18.3 Å². The molecular formula is C24H33F3N10O2. The normalized spacial score (nSPS) is 12.2. The van der Waals surface area contributed by atoms with E-state index in [4.69, 9.17) is 14.9 Å². The van der Waals surface area contributed by atoms with Crippen LogP contribution in [0.1, 0.15) is 44.4 Å². The van der Waals surface area contributed by atoms with Crippen LogP contribution in [0.2, 0.25) is 0 Å². The summed E-state index contributed by atoms with van der Waals surface area (Å²) in [6.45, 7) is 8.72. The number of fused-ring (bicyclic) bond motifs is 1. The minimum atomic E-state index is -5.08. The van der Waals surface area contributed by atoms with Crippen molar-refractivity contribution in [3.63, 3.8) is 0 Å². The Morgan fingerprint density at radius 2 is 1.95 bits per heavy atom. The van der Waals surface area contributed by atoms with Gasteiger partial charge in [0.25, 0.3) is 0 Å². The highest BCUT2D eigenvalue weighted by molar-refractivity contribution is 5.84. The largest absolute Gasteiger partial charge is 0.490 e. The fraction of sp³-hybridized carbons (Fsp3) is 0.500. The van der Waals surface area contributed by atoms with Gasteiger partial charge >= 0.3 is 12.1 Å². The Morgan fingerprint density at radius 3 is 2.59 bits per heavy atom. The topological polar surface area (TPSA) is 141 Å². The van der Waals surface area contributed by atoms with Crippen LogP contribution in [-0.4, -0.2) is 62.1 Å². The minimum absolute atomic E-state index is 0.140. The molecule has 0 radical (unpaired) electrons. The van der Waals surface area contributed by atoms with Crippen molar-refractivity contribution in [3.05, 3.63) is 42.5 Å². The number of hydrogen-bond donors (Lipinski definition) is 3. The average molecular weight is 551 g/mol. The monoisotopic (exact) mass is 550 g/mol. The quantitative estimate of drug-likeness (QED) is 0.236. The molecule has 1 unspecified atom stereocenters. The molecule has 4 aromatic rings. The fourth-order valence-electron chi connectivity index (χ4n) is 3.72. The van der Waals surface area contributed by atoms with Crippen molar-refractivity contribution in [3.8, 4) is 0 Å². The van der Waals surface area contributed by atoms with Gasteiger partial charge in [-0.2, -0.15) is 28.2 Å². The first-order valence-corrected chi connectivity index (χ1v) is 12.5. The van der Waals surface area contributed by atoms with Crippen molar-refractivity contribution in [2.45, 2.75) is 71.9 Å². The van der Waals surface area contributed by atoms with Gasteiger partial charge in [-0.15, -0.1) is 0 Å². The molecule has 1 atom stereocenters. The molecule has 0 saturated heterocycles. The van der Waals surface area contributed by atoms with E-state index < -0.39 is 12.1 Å². The number of aliphatic carboxylic acids is 1. The van der Waals surface area contributed by atoms with E-state index in [0.29, 0.717) is 12.5 Å². The molecule has 0 spiro atoms. The van der Waals surface area contributed by atoms with Gasteiger partial charge in [0.2, 0.25) is 5.95 Å². The predicted molar refractivity (Wildman–Crippen MR) is 139 cm³/mol. The number of rotatable bonds is 11. The molecule has 3 N–H and O–H groups in total. The molecule has 0 aliphatic heterocycles. The molecule has 0 amide bonds. The van der Waals surface area contributed by atoms with E-state index >= 15 is 0 Å². The number of carboxylic acids is 1. The highest BCUT2D eigenvalue weighted by atomic mass is 19.4. The molecule has 4 heterocycles. The molecule has 0 saturated carbocycles. The van der Waals surface area contributed by atoms with E-state index in [0.717, 1.165) is 47.7 Å². The zero-order valence-corrected chi connectivity index (χ0v) is 22.3. The molecule has 39 heavy (non-hydrogen) atoms. The van der Waals surface area contributed by atoms with Gasteiger partial charge < -0.3 is 24.9 Å². The molecule has 0 aliphatic carbocycles. The number of nitrogens with zero attached hydrogens (tertiary/aromatic N) is 8. The number of nitrogens with one attached hydrogen (secondary N) is 2. The molecule has 4 rings (SSSR count). The van der Waals surface area contributed by atoms with Crippen molar-refractivity contribution in [1.29, 1.82) is 0 Å². The fourth-order valence-corrected chi connectivity index (χ4v) is 3.72. The summed E-state index contributed by atoms with van der Waals surface area (Å²) in [7, 11) is 1.94. The second-order valence-electron chi connectivity index (χ2n) is 9.09. The molecule has 0 aromatic carbocycles. The Hall–Kier alpha value is -4.17. The number of aryl methyl sites for hydroxylation is 3. The zero-order chi connectivity index (χ0) is 28.6. The number of carbonyl (C=O) groups is 1. The summed E-state index contributed by atoms with van der Waals surface area (Å²) in [5.41, 5.74) is 3.73. The molecule has 4 aromatic heterocycles. The number of anilines is 2. The number of unbranched alkanes of at least 4 members (excludes halogenated alkanes) is 2. The van der Waals surface area contributed by atoms with Crippen molar-refractivity contribution in [2.24, 2.45) is 7.05 Å². The molecule has 0 bridgehead atoms. The molecule has 0 aliphatic rings. The molecule has 15 heteroatoms. The predicted octanol–water partition coefficient (Wildman–Crippen LogP) is 4.00. The SMILES string of the molecule is CCCCCn1cc(CNc2nc(NC(C)Cn3ccnc3)c3ncn(C)c3n2)c(C)n1.O=C(O)C(F)(F)F. The van der Waals surface area contributed by atoms with Gasteiger partial charge in [-0.3, -0.25) is 4.68 Å². The second-order valence-corrected chi connectivity index (χ2v) is 9.09. The Balaban J connectivity index is 0.000000532. The average Bonchev–Trinajstić information content (AvgIpc) is 3.59. The number of halogens is 3. The Morgan fingerprint density at radius 1 is 1.21 bits per heavy atom. The van der Waals surface area contributed by atoms with Gasteiger partial charge in [0.15, 0.2) is 17.0 Å². The number of carboxylic acid groups (broad SMARTS) is 1. The molecule has 0 fully saturated rings. The van der Waals surface area contributed by atoms with Gasteiger partial charge in [0, 0.05) is 56.9 Å². The van der Waals surface area contributed by atoms with Crippen molar-refractivity contribution < 1.29 is 23.1 Å². The number of hydrogen-bond acceptors (Lipinski definition) is 8. The van der Waals surface area contributed by atoms with Crippen LogP contribution in [0.3, 0.4) is 0 Å². The number of aromatic nitrogens is 8. The lowest BCUT2D eigenvalue weighted by molar-refractivity contribution is -0.192. The highest BCUT2D eigenvalue weighted by Gasteiger charge is 2.38. The van der Waals surface area contributed by atoms with Gasteiger partial charge in [-0.05, 0) is 20.3 Å². The van der Waals surface area contributed by atoms with E-state index in [-0.39, 0.29) is 6.04 Å². The summed E-state index contributed by atoms with van der Waals surface area (Å²) < 4.78 is 37.7. The first-order valence-electron chi connectivity index (χ1n) is 12.5. The van der Waals surface area contributed by atoms with Crippen molar-refractivity contribution in [1.82, 2.24) is 38.9 Å². The van der Waals surface area contributed by atoms with Crippen LogP contribution >= 0.6 is 0 Å². The van der Waals surface area contributed by atoms with Crippen LogP contribution in [0.15, 0.2) is 31.2 Å². The third-order valence-corrected chi connectivity index (χ3v) is 5.70. The summed E-state index contributed by atoms with van der Waals surface area (Å²) in [5.74, 6) is -1.47. The van der Waals surface area contributed by atoms with Gasteiger partial charge in [-0.1, -0.05) is 19.8 Å². The summed E-state index contributed by atoms with van der Waals surface area (Å²) >= 11 is 0. The summed E-state index contributed by atoms with van der Waals surface area (Å²) in [4.78, 5) is 26.9. The first kappa shape index (κ1) is 29.4. The lowest BCUT2D eigenvalue weighted by Crippen LogP contribution is -2.22. The molecule has 212 valence electrons. The molecular weight excluding hydrogens is 517 g/mol. The van der Waals surface area contributed by atoms with E-state index in [2.05, 4.69) is 50.7 Å².